The van der Waals surface area contributed by atoms with Crippen molar-refractivity contribution < 1.29 is 5.11 Å². The van der Waals surface area contributed by atoms with Crippen LogP contribution in [-0.2, 0) is 6.54 Å². The molecule has 0 aliphatic heterocycles. The van der Waals surface area contributed by atoms with Crippen LogP contribution in [0.4, 0.5) is 0 Å². The number of nitrogens with two attached hydrogens (primary N) is 1. The van der Waals surface area contributed by atoms with E-state index in [9.17, 15) is 5.11 Å². The van der Waals surface area contributed by atoms with Gasteiger partial charge in [-0.15, -0.1) is 0 Å². The summed E-state index contributed by atoms with van der Waals surface area (Å²) in [5, 5.41) is 9.68. The Morgan fingerprint density at radius 1 is 1.43 bits per heavy atom. The molecule has 0 aliphatic carbocycles. The quantitative estimate of drug-likeness (QED) is 0.766. The lowest BCUT2D eigenvalue weighted by Gasteiger charge is -2.21. The summed E-state index contributed by atoms with van der Waals surface area (Å²) in [5.74, 6) is 0.336. The van der Waals surface area contributed by atoms with Gasteiger partial charge in [0.15, 0.2) is 0 Å². The first-order valence-corrected chi connectivity index (χ1v) is 4.74. The second-order valence-electron chi connectivity index (χ2n) is 3.74. The van der Waals surface area contributed by atoms with Crippen molar-refractivity contribution in [2.45, 2.75) is 19.5 Å². The van der Waals surface area contributed by atoms with Crippen molar-refractivity contribution in [1.82, 2.24) is 4.90 Å². The summed E-state index contributed by atoms with van der Waals surface area (Å²) < 4.78 is 0. The third kappa shape index (κ3) is 2.25. The fourth-order valence-corrected chi connectivity index (χ4v) is 1.34. The van der Waals surface area contributed by atoms with Crippen LogP contribution in [0.5, 0.6) is 5.75 Å². The van der Waals surface area contributed by atoms with Gasteiger partial charge in [-0.05, 0) is 38.7 Å². The second-order valence-corrected chi connectivity index (χ2v) is 3.74. The molecule has 0 aliphatic rings. The van der Waals surface area contributed by atoms with E-state index in [0.717, 1.165) is 11.1 Å². The van der Waals surface area contributed by atoms with Gasteiger partial charge in [-0.3, -0.25) is 0 Å². The van der Waals surface area contributed by atoms with Gasteiger partial charge >= 0.3 is 0 Å². The van der Waals surface area contributed by atoms with Gasteiger partial charge in [-0.2, -0.15) is 0 Å². The molecule has 3 nitrogen and oxygen atoms in total. The number of hydrogen-bond acceptors (Lipinski definition) is 3. The minimum absolute atomic E-state index is 0.196. The maximum Gasteiger partial charge on any atom is 0.120 e. The van der Waals surface area contributed by atoms with E-state index in [0.29, 0.717) is 12.3 Å². The van der Waals surface area contributed by atoms with E-state index in [2.05, 4.69) is 11.8 Å². The van der Waals surface area contributed by atoms with Crippen LogP contribution in [0.25, 0.3) is 0 Å². The van der Waals surface area contributed by atoms with E-state index in [-0.39, 0.29) is 6.04 Å². The monoisotopic (exact) mass is 194 g/mol. The molecule has 0 spiro atoms. The highest BCUT2D eigenvalue weighted by Gasteiger charge is 2.12. The lowest BCUT2D eigenvalue weighted by Crippen LogP contribution is -2.17. The topological polar surface area (TPSA) is 49.5 Å². The van der Waals surface area contributed by atoms with Crippen LogP contribution in [0, 0.1) is 0 Å². The minimum atomic E-state index is 0.196. The van der Waals surface area contributed by atoms with Crippen molar-refractivity contribution in [3.63, 3.8) is 0 Å². The Morgan fingerprint density at radius 2 is 2.07 bits per heavy atom. The highest BCUT2D eigenvalue weighted by atomic mass is 16.3. The third-order valence-corrected chi connectivity index (χ3v) is 2.55. The maximum atomic E-state index is 9.68. The first-order valence-electron chi connectivity index (χ1n) is 4.74. The molecule has 1 aromatic carbocycles. The van der Waals surface area contributed by atoms with Crippen LogP contribution >= 0.6 is 0 Å². The molecule has 3 N–H and O–H groups in total. The molecule has 14 heavy (non-hydrogen) atoms. The molecular formula is C11H18N2O. The molecule has 0 heterocycles. The first kappa shape index (κ1) is 11.0. The summed E-state index contributed by atoms with van der Waals surface area (Å²) >= 11 is 0. The fourth-order valence-electron chi connectivity index (χ4n) is 1.34. The molecule has 1 unspecified atom stereocenters. The van der Waals surface area contributed by atoms with Crippen LogP contribution in [0.15, 0.2) is 18.2 Å². The van der Waals surface area contributed by atoms with E-state index < -0.39 is 0 Å². The van der Waals surface area contributed by atoms with Crippen molar-refractivity contribution in [3.05, 3.63) is 29.3 Å². The molecule has 1 aromatic rings. The average Bonchev–Trinajstić information content (AvgIpc) is 2.17. The number of phenols is 1. The number of benzene rings is 1. The predicted octanol–water partition coefficient (Wildman–Crippen LogP) is 1.47. The van der Waals surface area contributed by atoms with Crippen molar-refractivity contribution in [3.8, 4) is 5.75 Å². The maximum absolute atomic E-state index is 9.68. The number of phenolic OH excluding ortho intramolecular Hbond substituents is 1. The first-order chi connectivity index (χ1) is 6.56. The van der Waals surface area contributed by atoms with Crippen LogP contribution in [0.3, 0.4) is 0 Å². The Labute approximate surface area is 85.2 Å². The van der Waals surface area contributed by atoms with Crippen LogP contribution in [0.1, 0.15) is 24.1 Å². The van der Waals surface area contributed by atoms with Crippen molar-refractivity contribution >= 4 is 0 Å². The van der Waals surface area contributed by atoms with Gasteiger partial charge in [0, 0.05) is 18.2 Å². The Bertz CT molecular complexity index is 310. The lowest BCUT2D eigenvalue weighted by atomic mass is 10.0. The Hall–Kier alpha value is -1.06. The van der Waals surface area contributed by atoms with E-state index in [1.807, 2.05) is 26.2 Å². The van der Waals surface area contributed by atoms with E-state index in [4.69, 9.17) is 5.73 Å². The zero-order valence-corrected chi connectivity index (χ0v) is 8.99. The van der Waals surface area contributed by atoms with Crippen molar-refractivity contribution in [2.24, 2.45) is 5.73 Å². The molecule has 1 atom stereocenters. The summed E-state index contributed by atoms with van der Waals surface area (Å²) in [5.41, 5.74) is 7.53. The van der Waals surface area contributed by atoms with E-state index in [1.54, 1.807) is 6.07 Å². The molecule has 1 rings (SSSR count). The average molecular weight is 194 g/mol. The van der Waals surface area contributed by atoms with E-state index >= 15 is 0 Å². The Balaban J connectivity index is 3.05. The van der Waals surface area contributed by atoms with Gasteiger partial charge in [-0.1, -0.05) is 6.07 Å². The normalized spacial score (nSPS) is 13.2. The van der Waals surface area contributed by atoms with Crippen LogP contribution in [-0.4, -0.2) is 24.1 Å². The molecular weight excluding hydrogens is 176 g/mol. The fraction of sp³-hybridized carbons (Fsp3) is 0.455. The number of rotatable bonds is 3. The van der Waals surface area contributed by atoms with Gasteiger partial charge in [0.1, 0.15) is 5.75 Å². The summed E-state index contributed by atoms with van der Waals surface area (Å²) in [6, 6.07) is 5.71. The number of nitrogens with zero attached hydrogens (tertiary/aromatic N) is 1. The minimum Gasteiger partial charge on any atom is -0.508 e. The lowest BCUT2D eigenvalue weighted by molar-refractivity contribution is 0.311. The third-order valence-electron chi connectivity index (χ3n) is 2.55. The van der Waals surface area contributed by atoms with Gasteiger partial charge in [0.2, 0.25) is 0 Å². The molecule has 0 aromatic heterocycles. The predicted molar refractivity (Wildman–Crippen MR) is 58.1 cm³/mol. The molecule has 0 saturated heterocycles. The smallest absolute Gasteiger partial charge is 0.120 e. The van der Waals surface area contributed by atoms with Crippen molar-refractivity contribution in [1.29, 1.82) is 0 Å². The van der Waals surface area contributed by atoms with Gasteiger partial charge in [0.25, 0.3) is 0 Å². The second kappa shape index (κ2) is 4.44. The molecule has 0 bridgehead atoms. The van der Waals surface area contributed by atoms with Gasteiger partial charge in [0.05, 0.1) is 0 Å². The zero-order chi connectivity index (χ0) is 10.7. The number of aromatic hydroxyl groups is 1. The molecule has 78 valence electrons. The molecule has 3 heteroatoms. The summed E-state index contributed by atoms with van der Waals surface area (Å²) in [6.07, 6.45) is 0. The highest BCUT2D eigenvalue weighted by molar-refractivity contribution is 5.38. The molecule has 0 radical (unpaired) electrons. The summed E-state index contributed by atoms with van der Waals surface area (Å²) in [7, 11) is 3.97. The van der Waals surface area contributed by atoms with Crippen molar-refractivity contribution in [2.75, 3.05) is 14.1 Å². The molecule has 0 saturated carbocycles. The SMILES string of the molecule is CC(c1cc(CN)ccc1O)N(C)C. The summed E-state index contributed by atoms with van der Waals surface area (Å²) in [6.45, 7) is 2.56. The zero-order valence-electron chi connectivity index (χ0n) is 8.99. The standard InChI is InChI=1S/C11H18N2O/c1-8(13(2)3)10-6-9(7-12)4-5-11(10)14/h4-6,8,14H,7,12H2,1-3H3. The highest BCUT2D eigenvalue weighted by Crippen LogP contribution is 2.27. The Kier molecular flexibility index (Phi) is 3.49. The van der Waals surface area contributed by atoms with Gasteiger partial charge < -0.3 is 15.7 Å². The Morgan fingerprint density at radius 3 is 2.57 bits per heavy atom. The van der Waals surface area contributed by atoms with Crippen LogP contribution in [0.2, 0.25) is 0 Å². The van der Waals surface area contributed by atoms with Crippen LogP contribution < -0.4 is 5.73 Å². The largest absolute Gasteiger partial charge is 0.508 e. The summed E-state index contributed by atoms with van der Waals surface area (Å²) in [4.78, 5) is 2.05. The molecule has 0 fully saturated rings. The van der Waals surface area contributed by atoms with Gasteiger partial charge in [-0.25, -0.2) is 0 Å². The molecule has 0 amide bonds. The van der Waals surface area contributed by atoms with E-state index in [1.165, 1.54) is 0 Å². The number of hydrogen-bond donors (Lipinski definition) is 2.